The van der Waals surface area contributed by atoms with Gasteiger partial charge in [-0.3, -0.25) is 4.79 Å². The maximum atomic E-state index is 12.9. The maximum absolute atomic E-state index is 12.9. The summed E-state index contributed by atoms with van der Waals surface area (Å²) >= 11 is 0.966. The van der Waals surface area contributed by atoms with Crippen molar-refractivity contribution in [3.8, 4) is 0 Å². The topological polar surface area (TPSA) is 52.6 Å². The molecule has 0 N–H and O–H groups in total. The molecule has 1 aromatic carbocycles. The molecule has 6 heteroatoms. The number of ether oxygens (including phenoxy) is 1. The molecule has 128 valence electrons. The lowest BCUT2D eigenvalue weighted by Crippen LogP contribution is -2.47. The molecule has 0 amide bonds. The Balaban J connectivity index is 2.08. The van der Waals surface area contributed by atoms with Gasteiger partial charge in [-0.05, 0) is 39.2 Å². The Morgan fingerprint density at radius 2 is 1.96 bits per heavy atom. The molecule has 1 heterocycles. The van der Waals surface area contributed by atoms with Crippen molar-refractivity contribution in [2.75, 3.05) is 6.54 Å². The fourth-order valence-corrected chi connectivity index (χ4v) is 4.32. The minimum atomic E-state index is -1.16. The number of rotatable bonds is 5. The molecule has 0 saturated carbocycles. The second-order valence-electron chi connectivity index (χ2n) is 6.77. The summed E-state index contributed by atoms with van der Waals surface area (Å²) < 4.78 is 19.9. The highest BCUT2D eigenvalue weighted by Crippen LogP contribution is 2.26. The van der Waals surface area contributed by atoms with Crippen molar-refractivity contribution in [2.24, 2.45) is 0 Å². The number of alkyl halides is 1. The van der Waals surface area contributed by atoms with Crippen molar-refractivity contribution in [1.29, 1.82) is 0 Å². The van der Waals surface area contributed by atoms with Crippen molar-refractivity contribution in [2.45, 2.75) is 54.9 Å². The second-order valence-corrected chi connectivity index (χ2v) is 10.5. The van der Waals surface area contributed by atoms with Crippen LogP contribution in [0.15, 0.2) is 30.3 Å². The monoisotopic (exact) mass is 449 g/mol. The molecule has 23 heavy (non-hydrogen) atoms. The largest absolute Gasteiger partial charge is 0.597 e. The summed E-state index contributed by atoms with van der Waals surface area (Å²) in [7, 11) is 0. The number of halogens is 1. The third kappa shape index (κ3) is 5.62. The zero-order valence-electron chi connectivity index (χ0n) is 13.8. The van der Waals surface area contributed by atoms with Crippen LogP contribution in [0, 0.1) is 0 Å². The van der Waals surface area contributed by atoms with E-state index in [2.05, 4.69) is 22.6 Å². The van der Waals surface area contributed by atoms with Crippen LogP contribution in [-0.4, -0.2) is 36.1 Å². The van der Waals surface area contributed by atoms with Crippen LogP contribution in [0.25, 0.3) is 0 Å². The molecule has 0 radical (unpaired) electrons. The fraction of sp³-hybridized carbons (Fsp3) is 0.588. The van der Waals surface area contributed by atoms with Crippen LogP contribution in [0.4, 0.5) is 0 Å². The van der Waals surface area contributed by atoms with Gasteiger partial charge in [-0.1, -0.05) is 52.9 Å². The fourth-order valence-electron chi connectivity index (χ4n) is 2.47. The average molecular weight is 449 g/mol. The Bertz CT molecular complexity index is 520. The Kier molecular flexibility index (Phi) is 6.77. The highest BCUT2D eigenvalue weighted by molar-refractivity contribution is 14.1. The van der Waals surface area contributed by atoms with Crippen molar-refractivity contribution in [1.82, 2.24) is 4.31 Å². The quantitative estimate of drug-likeness (QED) is 0.299. The van der Waals surface area contributed by atoms with E-state index in [1.54, 1.807) is 0 Å². The molecule has 4 nitrogen and oxygen atoms in total. The molecule has 1 aromatic rings. The van der Waals surface area contributed by atoms with Gasteiger partial charge in [0.1, 0.15) is 14.8 Å². The minimum Gasteiger partial charge on any atom is -0.597 e. The number of carbonyl (C=O) groups is 1. The molecule has 0 spiro atoms. The number of carbonyl (C=O) groups excluding carboxylic acids is 1. The molecular weight excluding hydrogens is 425 g/mol. The number of benzene rings is 1. The number of hydrogen-bond acceptors (Lipinski definition) is 4. The van der Waals surface area contributed by atoms with Gasteiger partial charge < -0.3 is 9.29 Å². The van der Waals surface area contributed by atoms with Gasteiger partial charge in [0.25, 0.3) is 0 Å². The van der Waals surface area contributed by atoms with Gasteiger partial charge in [-0.15, -0.1) is 4.31 Å². The number of cyclic esters (lactones) is 1. The smallest absolute Gasteiger partial charge is 0.319 e. The Labute approximate surface area is 155 Å². The first-order chi connectivity index (χ1) is 10.8. The minimum absolute atomic E-state index is 0.0560. The first kappa shape index (κ1) is 19.0. The predicted molar refractivity (Wildman–Crippen MR) is 102 cm³/mol. The normalized spacial score (nSPS) is 23.7. The molecule has 1 aliphatic heterocycles. The van der Waals surface area contributed by atoms with Crippen molar-refractivity contribution in [3.05, 3.63) is 35.9 Å². The van der Waals surface area contributed by atoms with Crippen LogP contribution in [0.1, 0.15) is 39.2 Å². The zero-order valence-corrected chi connectivity index (χ0v) is 16.8. The first-order valence-electron chi connectivity index (χ1n) is 7.83. The van der Waals surface area contributed by atoms with Gasteiger partial charge in [0.2, 0.25) is 0 Å². The van der Waals surface area contributed by atoms with Gasteiger partial charge in [0.15, 0.2) is 0 Å². The molecule has 3 atom stereocenters. The van der Waals surface area contributed by atoms with Gasteiger partial charge >= 0.3 is 5.97 Å². The van der Waals surface area contributed by atoms with E-state index < -0.39 is 11.4 Å². The molecule has 0 aliphatic carbocycles. The van der Waals surface area contributed by atoms with Gasteiger partial charge in [-0.25, -0.2) is 0 Å². The number of nitrogens with zero attached hydrogens (tertiary/aromatic N) is 1. The summed E-state index contributed by atoms with van der Waals surface area (Å²) in [5, 5.41) is 0. The lowest BCUT2D eigenvalue weighted by molar-refractivity contribution is -0.152. The van der Waals surface area contributed by atoms with E-state index in [0.29, 0.717) is 13.1 Å². The van der Waals surface area contributed by atoms with E-state index in [9.17, 15) is 9.35 Å². The summed E-state index contributed by atoms with van der Waals surface area (Å²) in [5.41, 5.74) is 1.11. The van der Waals surface area contributed by atoms with Crippen LogP contribution in [0.5, 0.6) is 0 Å². The zero-order chi connectivity index (χ0) is 17.0. The van der Waals surface area contributed by atoms with E-state index in [0.717, 1.165) is 18.4 Å². The number of hydrogen-bond donors (Lipinski definition) is 0. The molecular formula is C17H24INO3S. The molecule has 1 aliphatic rings. The van der Waals surface area contributed by atoms with E-state index in [4.69, 9.17) is 4.74 Å². The molecule has 0 bridgehead atoms. The van der Waals surface area contributed by atoms with Gasteiger partial charge in [0, 0.05) is 11.4 Å². The third-order valence-electron chi connectivity index (χ3n) is 3.65. The van der Waals surface area contributed by atoms with Crippen LogP contribution in [0.3, 0.4) is 0 Å². The third-order valence-corrected chi connectivity index (χ3v) is 6.57. The van der Waals surface area contributed by atoms with Crippen LogP contribution in [-0.2, 0) is 27.4 Å². The molecule has 1 unspecified atom stereocenters. The summed E-state index contributed by atoms with van der Waals surface area (Å²) in [6.07, 6.45) is 1.47. The van der Waals surface area contributed by atoms with Crippen molar-refractivity contribution < 1.29 is 14.1 Å². The summed E-state index contributed by atoms with van der Waals surface area (Å²) in [4.78, 5) is 11.8. The summed E-state index contributed by atoms with van der Waals surface area (Å²) in [5.74, 6) is -0.150. The highest BCUT2D eigenvalue weighted by Gasteiger charge is 2.37. The van der Waals surface area contributed by atoms with E-state index >= 15 is 0 Å². The summed E-state index contributed by atoms with van der Waals surface area (Å²) in [6.45, 7) is 7.00. The number of esters is 1. The molecule has 2 rings (SSSR count). The molecule has 1 fully saturated rings. The SMILES string of the molecule is CC(C)(C)[S@+]([O-])N(Cc1ccccc1)C[C@@H]1CCC(I)C(=O)O1. The second kappa shape index (κ2) is 8.18. The van der Waals surface area contributed by atoms with Gasteiger partial charge in [0.05, 0.1) is 13.1 Å². The lowest BCUT2D eigenvalue weighted by Gasteiger charge is -2.35. The van der Waals surface area contributed by atoms with E-state index in [-0.39, 0.29) is 20.7 Å². The van der Waals surface area contributed by atoms with Crippen molar-refractivity contribution in [3.63, 3.8) is 0 Å². The van der Waals surface area contributed by atoms with E-state index in [1.807, 2.05) is 55.4 Å². The van der Waals surface area contributed by atoms with Gasteiger partial charge in [-0.2, -0.15) is 0 Å². The maximum Gasteiger partial charge on any atom is 0.319 e. The highest BCUT2D eigenvalue weighted by atomic mass is 127. The predicted octanol–water partition coefficient (Wildman–Crippen LogP) is 3.46. The van der Waals surface area contributed by atoms with Crippen LogP contribution < -0.4 is 0 Å². The van der Waals surface area contributed by atoms with Crippen molar-refractivity contribution >= 4 is 39.9 Å². The molecule has 0 aromatic heterocycles. The Morgan fingerprint density at radius 1 is 1.30 bits per heavy atom. The Morgan fingerprint density at radius 3 is 2.52 bits per heavy atom. The van der Waals surface area contributed by atoms with E-state index in [1.165, 1.54) is 0 Å². The lowest BCUT2D eigenvalue weighted by atomic mass is 10.1. The standard InChI is InChI=1S/C17H24INO3S/c1-17(2,3)23(21)19(11-13-7-5-4-6-8-13)12-14-9-10-15(18)16(20)22-14/h4-8,14-15H,9-12H2,1-3H3/t14-,15?,23-/m0/s1. The average Bonchev–Trinajstić information content (AvgIpc) is 2.49. The van der Waals surface area contributed by atoms with Crippen LogP contribution in [0.2, 0.25) is 0 Å². The molecule has 1 saturated heterocycles. The Hall–Kier alpha value is -0.310. The summed E-state index contributed by atoms with van der Waals surface area (Å²) in [6, 6.07) is 9.99. The van der Waals surface area contributed by atoms with Crippen LogP contribution >= 0.6 is 22.6 Å². The first-order valence-corrected chi connectivity index (χ1v) is 10.2.